The van der Waals surface area contributed by atoms with Gasteiger partial charge in [-0.15, -0.1) is 0 Å². The number of sulfonamides is 1. The normalized spacial score (nSPS) is 12.0. The molecule has 0 saturated heterocycles. The number of carbonyl (C=O) groups excluding carboxylic acids is 1. The molecule has 0 radical (unpaired) electrons. The maximum Gasteiger partial charge on any atom is 0.516 e. The molecule has 0 fully saturated rings. The molecule has 2 rings (SSSR count). The standard InChI is InChI=1S/C14H9ClF3NO3S/c15-10-6-7-12(19-23(21,22)14(16,17)18)11(8-10)13(20)9-4-2-1-3-5-9/h1-8,19H. The lowest BCUT2D eigenvalue weighted by molar-refractivity contribution is -0.0429. The van der Waals surface area contributed by atoms with Gasteiger partial charge in [0.25, 0.3) is 0 Å². The highest BCUT2D eigenvalue weighted by atomic mass is 35.5. The molecule has 4 nitrogen and oxygen atoms in total. The third-order valence-electron chi connectivity index (χ3n) is 2.81. The average Bonchev–Trinajstić information content (AvgIpc) is 2.48. The Morgan fingerprint density at radius 2 is 1.65 bits per heavy atom. The number of hydrogen-bond acceptors (Lipinski definition) is 3. The number of anilines is 1. The molecule has 0 aliphatic rings. The molecule has 0 amide bonds. The summed E-state index contributed by atoms with van der Waals surface area (Å²) in [5, 5.41) is 0.0826. The maximum atomic E-state index is 12.5. The van der Waals surface area contributed by atoms with Crippen molar-refractivity contribution < 1.29 is 26.4 Å². The van der Waals surface area contributed by atoms with Gasteiger partial charge in [-0.1, -0.05) is 41.9 Å². The number of nitrogens with one attached hydrogen (secondary N) is 1. The van der Waals surface area contributed by atoms with Crippen molar-refractivity contribution in [1.29, 1.82) is 0 Å². The Hall–Kier alpha value is -2.06. The van der Waals surface area contributed by atoms with Gasteiger partial charge in [-0.25, -0.2) is 0 Å². The molecule has 2 aromatic rings. The van der Waals surface area contributed by atoms with Crippen molar-refractivity contribution in [3.05, 3.63) is 64.7 Å². The molecule has 0 heterocycles. The summed E-state index contributed by atoms with van der Waals surface area (Å²) in [4.78, 5) is 12.4. The van der Waals surface area contributed by atoms with E-state index in [1.807, 2.05) is 0 Å². The molecule has 0 atom stereocenters. The highest BCUT2D eigenvalue weighted by Crippen LogP contribution is 2.29. The first kappa shape index (κ1) is 17.3. The zero-order chi connectivity index (χ0) is 17.3. The van der Waals surface area contributed by atoms with Crippen LogP contribution in [0.4, 0.5) is 18.9 Å². The van der Waals surface area contributed by atoms with Crippen LogP contribution in [0.25, 0.3) is 0 Å². The summed E-state index contributed by atoms with van der Waals surface area (Å²) in [5.41, 5.74) is -6.10. The van der Waals surface area contributed by atoms with E-state index in [4.69, 9.17) is 11.6 Å². The van der Waals surface area contributed by atoms with Gasteiger partial charge in [0, 0.05) is 16.1 Å². The molecule has 122 valence electrons. The van der Waals surface area contributed by atoms with Crippen LogP contribution in [0.15, 0.2) is 48.5 Å². The summed E-state index contributed by atoms with van der Waals surface area (Å²) in [6, 6.07) is 11.0. The molecule has 0 aliphatic carbocycles. The summed E-state index contributed by atoms with van der Waals surface area (Å²) in [7, 11) is -5.65. The first-order valence-electron chi connectivity index (χ1n) is 6.10. The van der Waals surface area contributed by atoms with E-state index in [2.05, 4.69) is 0 Å². The van der Waals surface area contributed by atoms with Crippen molar-refractivity contribution in [3.8, 4) is 0 Å². The third-order valence-corrected chi connectivity index (χ3v) is 4.14. The summed E-state index contributed by atoms with van der Waals surface area (Å²) < 4.78 is 61.3. The molecule has 0 saturated carbocycles. The lowest BCUT2D eigenvalue weighted by Gasteiger charge is -2.14. The van der Waals surface area contributed by atoms with Gasteiger partial charge in [-0.3, -0.25) is 9.52 Å². The fourth-order valence-corrected chi connectivity index (χ4v) is 2.50. The average molecular weight is 364 g/mol. The molecule has 0 unspecified atom stereocenters. The van der Waals surface area contributed by atoms with E-state index in [0.717, 1.165) is 12.1 Å². The van der Waals surface area contributed by atoms with E-state index < -0.39 is 27.0 Å². The van der Waals surface area contributed by atoms with Crippen LogP contribution >= 0.6 is 11.6 Å². The van der Waals surface area contributed by atoms with Gasteiger partial charge < -0.3 is 0 Å². The number of rotatable bonds is 4. The van der Waals surface area contributed by atoms with Crippen molar-refractivity contribution in [2.45, 2.75) is 5.51 Å². The van der Waals surface area contributed by atoms with Gasteiger partial charge in [0.2, 0.25) is 0 Å². The van der Waals surface area contributed by atoms with Crippen molar-refractivity contribution >= 4 is 33.1 Å². The SMILES string of the molecule is O=C(c1ccccc1)c1cc(Cl)ccc1NS(=O)(=O)C(F)(F)F. The van der Waals surface area contributed by atoms with Crippen LogP contribution in [-0.2, 0) is 10.0 Å². The Morgan fingerprint density at radius 3 is 2.22 bits per heavy atom. The summed E-state index contributed by atoms with van der Waals surface area (Å²) in [6.45, 7) is 0. The number of halogens is 4. The summed E-state index contributed by atoms with van der Waals surface area (Å²) >= 11 is 5.76. The minimum Gasteiger partial charge on any atom is -0.289 e. The number of hydrogen-bond donors (Lipinski definition) is 1. The minimum absolute atomic E-state index is 0.0826. The second kappa shape index (κ2) is 6.21. The molecular formula is C14H9ClF3NO3S. The van der Waals surface area contributed by atoms with Gasteiger partial charge in [-0.2, -0.15) is 21.6 Å². The maximum absolute atomic E-state index is 12.5. The Labute approximate surface area is 134 Å². The Morgan fingerprint density at radius 1 is 1.04 bits per heavy atom. The molecule has 2 aromatic carbocycles. The molecule has 0 aromatic heterocycles. The van der Waals surface area contributed by atoms with E-state index in [0.29, 0.717) is 0 Å². The van der Waals surface area contributed by atoms with Crippen molar-refractivity contribution in [2.24, 2.45) is 0 Å². The van der Waals surface area contributed by atoms with Crippen LogP contribution in [-0.4, -0.2) is 19.7 Å². The van der Waals surface area contributed by atoms with Crippen LogP contribution in [0.2, 0.25) is 5.02 Å². The zero-order valence-electron chi connectivity index (χ0n) is 11.3. The fraction of sp³-hybridized carbons (Fsp3) is 0.0714. The van der Waals surface area contributed by atoms with Gasteiger partial charge in [0.05, 0.1) is 5.69 Å². The number of ketones is 1. The highest BCUT2D eigenvalue weighted by molar-refractivity contribution is 7.93. The predicted octanol–water partition coefficient (Wildman–Crippen LogP) is 3.83. The van der Waals surface area contributed by atoms with Gasteiger partial charge >= 0.3 is 15.5 Å². The lowest BCUT2D eigenvalue weighted by Crippen LogP contribution is -2.30. The Bertz CT molecular complexity index is 836. The molecule has 0 bridgehead atoms. The van der Waals surface area contributed by atoms with Crippen molar-refractivity contribution in [1.82, 2.24) is 0 Å². The quantitative estimate of drug-likeness (QED) is 0.840. The van der Waals surface area contributed by atoms with Crippen LogP contribution in [0, 0.1) is 0 Å². The van der Waals surface area contributed by atoms with Gasteiger partial charge in [0.1, 0.15) is 0 Å². The first-order valence-corrected chi connectivity index (χ1v) is 7.96. The molecular weight excluding hydrogens is 355 g/mol. The molecule has 23 heavy (non-hydrogen) atoms. The van der Waals surface area contributed by atoms with Crippen LogP contribution in [0.1, 0.15) is 15.9 Å². The van der Waals surface area contributed by atoms with E-state index >= 15 is 0 Å². The van der Waals surface area contributed by atoms with E-state index in [1.54, 1.807) is 18.2 Å². The summed E-state index contributed by atoms with van der Waals surface area (Å²) in [6.07, 6.45) is 0. The molecule has 1 N–H and O–H groups in total. The first-order chi connectivity index (χ1) is 10.6. The molecule has 0 aliphatic heterocycles. The van der Waals surface area contributed by atoms with Crippen LogP contribution in [0.3, 0.4) is 0 Å². The monoisotopic (exact) mass is 363 g/mol. The van der Waals surface area contributed by atoms with Crippen molar-refractivity contribution in [2.75, 3.05) is 4.72 Å². The lowest BCUT2D eigenvalue weighted by atomic mass is 10.0. The highest BCUT2D eigenvalue weighted by Gasteiger charge is 2.46. The topological polar surface area (TPSA) is 63.2 Å². The number of carbonyl (C=O) groups is 1. The van der Waals surface area contributed by atoms with E-state index in [9.17, 15) is 26.4 Å². The van der Waals surface area contributed by atoms with Crippen molar-refractivity contribution in [3.63, 3.8) is 0 Å². The third kappa shape index (κ3) is 3.83. The zero-order valence-corrected chi connectivity index (χ0v) is 12.8. The smallest absolute Gasteiger partial charge is 0.289 e. The fourth-order valence-electron chi connectivity index (χ4n) is 1.74. The molecule has 0 spiro atoms. The minimum atomic E-state index is -5.65. The Balaban J connectivity index is 2.49. The predicted molar refractivity (Wildman–Crippen MR) is 79.9 cm³/mol. The van der Waals surface area contributed by atoms with E-state index in [-0.39, 0.29) is 16.1 Å². The number of alkyl halides is 3. The number of benzene rings is 2. The largest absolute Gasteiger partial charge is 0.516 e. The van der Waals surface area contributed by atoms with Gasteiger partial charge in [0.15, 0.2) is 5.78 Å². The van der Waals surface area contributed by atoms with Gasteiger partial charge in [-0.05, 0) is 18.2 Å². The second-order valence-corrected chi connectivity index (χ2v) is 6.55. The van der Waals surface area contributed by atoms with Crippen LogP contribution < -0.4 is 4.72 Å². The Kier molecular flexibility index (Phi) is 4.67. The van der Waals surface area contributed by atoms with E-state index in [1.165, 1.54) is 22.9 Å². The second-order valence-electron chi connectivity index (χ2n) is 4.44. The summed E-state index contributed by atoms with van der Waals surface area (Å²) in [5.74, 6) is -0.659. The molecule has 9 heteroatoms. The van der Waals surface area contributed by atoms with Crippen LogP contribution in [0.5, 0.6) is 0 Å².